The summed E-state index contributed by atoms with van der Waals surface area (Å²) in [6.45, 7) is 7.32. The van der Waals surface area contributed by atoms with Crippen LogP contribution in [0.2, 0.25) is 0 Å². The predicted octanol–water partition coefficient (Wildman–Crippen LogP) is 2.40. The van der Waals surface area contributed by atoms with Gasteiger partial charge in [-0.15, -0.1) is 0 Å². The summed E-state index contributed by atoms with van der Waals surface area (Å²) in [5, 5.41) is 5.99. The van der Waals surface area contributed by atoms with Crippen LogP contribution in [0.1, 0.15) is 32.8 Å². The third-order valence-electron chi connectivity index (χ3n) is 2.76. The number of hydrogen-bond donors (Lipinski definition) is 2. The standard InChI is InChI=1S/C15H22F2N2O/c1-15(2,3)19-10-9-18-13(20)8-7-11-5-4-6-12(16)14(11)17/h4-6,19H,7-10H2,1-3H3,(H,18,20). The van der Waals surface area contributed by atoms with Crippen LogP contribution in [0.5, 0.6) is 0 Å². The van der Waals surface area contributed by atoms with Crippen LogP contribution in [-0.4, -0.2) is 24.5 Å². The van der Waals surface area contributed by atoms with Crippen LogP contribution in [0.4, 0.5) is 8.78 Å². The van der Waals surface area contributed by atoms with Gasteiger partial charge in [0.1, 0.15) is 0 Å². The lowest BCUT2D eigenvalue weighted by atomic mass is 10.1. The third-order valence-corrected chi connectivity index (χ3v) is 2.76. The summed E-state index contributed by atoms with van der Waals surface area (Å²) < 4.78 is 26.4. The lowest BCUT2D eigenvalue weighted by molar-refractivity contribution is -0.121. The van der Waals surface area contributed by atoms with Crippen LogP contribution in [0.25, 0.3) is 0 Å². The molecular weight excluding hydrogens is 262 g/mol. The molecule has 0 unspecified atom stereocenters. The van der Waals surface area contributed by atoms with Crippen molar-refractivity contribution in [1.29, 1.82) is 0 Å². The number of hydrogen-bond acceptors (Lipinski definition) is 2. The van der Waals surface area contributed by atoms with Crippen LogP contribution in [0.3, 0.4) is 0 Å². The van der Waals surface area contributed by atoms with Gasteiger partial charge < -0.3 is 10.6 Å². The van der Waals surface area contributed by atoms with Gasteiger partial charge in [0.05, 0.1) is 0 Å². The zero-order valence-electron chi connectivity index (χ0n) is 12.2. The van der Waals surface area contributed by atoms with Crippen molar-refractivity contribution >= 4 is 5.91 Å². The number of amides is 1. The van der Waals surface area contributed by atoms with E-state index < -0.39 is 11.6 Å². The zero-order chi connectivity index (χ0) is 15.2. The molecule has 0 aliphatic carbocycles. The summed E-state index contributed by atoms with van der Waals surface area (Å²) in [7, 11) is 0. The largest absolute Gasteiger partial charge is 0.355 e. The molecule has 0 atom stereocenters. The highest BCUT2D eigenvalue weighted by Crippen LogP contribution is 2.12. The molecule has 1 aromatic rings. The molecule has 0 aromatic heterocycles. The van der Waals surface area contributed by atoms with Crippen LogP contribution in [0, 0.1) is 11.6 Å². The lowest BCUT2D eigenvalue weighted by Gasteiger charge is -2.20. The van der Waals surface area contributed by atoms with Crippen molar-refractivity contribution in [3.8, 4) is 0 Å². The van der Waals surface area contributed by atoms with Crippen LogP contribution in [0.15, 0.2) is 18.2 Å². The van der Waals surface area contributed by atoms with Gasteiger partial charge in [0.15, 0.2) is 11.6 Å². The number of rotatable bonds is 6. The molecule has 0 fully saturated rings. The summed E-state index contributed by atoms with van der Waals surface area (Å²) >= 11 is 0. The van der Waals surface area contributed by atoms with E-state index in [1.165, 1.54) is 12.1 Å². The Kier molecular flexibility index (Phi) is 6.07. The molecule has 0 saturated carbocycles. The number of nitrogens with one attached hydrogen (secondary N) is 2. The van der Waals surface area contributed by atoms with Gasteiger partial charge in [0.25, 0.3) is 0 Å². The van der Waals surface area contributed by atoms with Gasteiger partial charge in [-0.25, -0.2) is 8.78 Å². The van der Waals surface area contributed by atoms with Gasteiger partial charge in [-0.2, -0.15) is 0 Å². The van der Waals surface area contributed by atoms with E-state index in [0.717, 1.165) is 6.07 Å². The van der Waals surface area contributed by atoms with Gasteiger partial charge >= 0.3 is 0 Å². The van der Waals surface area contributed by atoms with Gasteiger partial charge in [-0.05, 0) is 38.8 Å². The molecule has 112 valence electrons. The number of carbonyl (C=O) groups is 1. The minimum absolute atomic E-state index is 0.00935. The van der Waals surface area contributed by atoms with Crippen molar-refractivity contribution in [3.63, 3.8) is 0 Å². The number of aryl methyl sites for hydroxylation is 1. The van der Waals surface area contributed by atoms with E-state index in [0.29, 0.717) is 13.1 Å². The highest BCUT2D eigenvalue weighted by Gasteiger charge is 2.10. The van der Waals surface area contributed by atoms with Crippen molar-refractivity contribution in [2.45, 2.75) is 39.2 Å². The van der Waals surface area contributed by atoms with Crippen LogP contribution >= 0.6 is 0 Å². The van der Waals surface area contributed by atoms with Gasteiger partial charge in [-0.3, -0.25) is 4.79 Å². The van der Waals surface area contributed by atoms with Crippen molar-refractivity contribution in [2.75, 3.05) is 13.1 Å². The second-order valence-electron chi connectivity index (χ2n) is 5.74. The summed E-state index contributed by atoms with van der Waals surface area (Å²) in [4.78, 5) is 11.6. The van der Waals surface area contributed by atoms with Crippen LogP contribution < -0.4 is 10.6 Å². The molecule has 0 spiro atoms. The van der Waals surface area contributed by atoms with Crippen molar-refractivity contribution in [3.05, 3.63) is 35.4 Å². The van der Waals surface area contributed by atoms with E-state index in [9.17, 15) is 13.6 Å². The fourth-order valence-electron chi connectivity index (χ4n) is 1.72. The molecule has 2 N–H and O–H groups in total. The third kappa shape index (κ3) is 6.10. The molecule has 0 heterocycles. The lowest BCUT2D eigenvalue weighted by Crippen LogP contribution is -2.41. The highest BCUT2D eigenvalue weighted by molar-refractivity contribution is 5.76. The van der Waals surface area contributed by atoms with Crippen molar-refractivity contribution < 1.29 is 13.6 Å². The van der Waals surface area contributed by atoms with Gasteiger partial charge in [0.2, 0.25) is 5.91 Å². The zero-order valence-corrected chi connectivity index (χ0v) is 12.2. The normalized spacial score (nSPS) is 11.4. The minimum Gasteiger partial charge on any atom is -0.355 e. The Balaban J connectivity index is 2.28. The second-order valence-corrected chi connectivity index (χ2v) is 5.74. The van der Waals surface area contributed by atoms with E-state index in [1.54, 1.807) is 0 Å². The molecule has 0 aliphatic rings. The Morgan fingerprint density at radius 1 is 1.20 bits per heavy atom. The molecular formula is C15H22F2N2O. The quantitative estimate of drug-likeness (QED) is 0.788. The van der Waals surface area contributed by atoms with Crippen molar-refractivity contribution in [2.24, 2.45) is 0 Å². The first-order chi connectivity index (χ1) is 9.29. The van der Waals surface area contributed by atoms with Gasteiger partial charge in [0, 0.05) is 25.0 Å². The molecule has 3 nitrogen and oxygen atoms in total. The van der Waals surface area contributed by atoms with Crippen molar-refractivity contribution in [1.82, 2.24) is 10.6 Å². The Morgan fingerprint density at radius 2 is 1.90 bits per heavy atom. The Bertz CT molecular complexity index is 456. The molecule has 0 bridgehead atoms. The van der Waals surface area contributed by atoms with E-state index in [2.05, 4.69) is 10.6 Å². The van der Waals surface area contributed by atoms with Gasteiger partial charge in [-0.1, -0.05) is 12.1 Å². The number of halogens is 2. The number of benzene rings is 1. The molecule has 0 aliphatic heterocycles. The molecule has 1 aromatic carbocycles. The summed E-state index contributed by atoms with van der Waals surface area (Å²) in [6, 6.07) is 4.00. The fraction of sp³-hybridized carbons (Fsp3) is 0.533. The average Bonchev–Trinajstić information content (AvgIpc) is 2.35. The maximum absolute atomic E-state index is 13.4. The smallest absolute Gasteiger partial charge is 0.220 e. The first kappa shape index (κ1) is 16.6. The van der Waals surface area contributed by atoms with E-state index >= 15 is 0 Å². The Hall–Kier alpha value is -1.49. The summed E-state index contributed by atoms with van der Waals surface area (Å²) in [6.07, 6.45) is 0.345. The predicted molar refractivity (Wildman–Crippen MR) is 75.4 cm³/mol. The summed E-state index contributed by atoms with van der Waals surface area (Å²) in [5.74, 6) is -1.91. The van der Waals surface area contributed by atoms with Crippen LogP contribution in [-0.2, 0) is 11.2 Å². The minimum atomic E-state index is -0.878. The molecule has 1 rings (SSSR count). The first-order valence-corrected chi connectivity index (χ1v) is 6.74. The summed E-state index contributed by atoms with van der Waals surface area (Å²) in [5.41, 5.74) is 0.239. The molecule has 1 amide bonds. The molecule has 0 saturated heterocycles. The molecule has 20 heavy (non-hydrogen) atoms. The maximum atomic E-state index is 13.4. The second kappa shape index (κ2) is 7.33. The highest BCUT2D eigenvalue weighted by atomic mass is 19.2. The van der Waals surface area contributed by atoms with E-state index in [1.807, 2.05) is 20.8 Å². The van der Waals surface area contributed by atoms with E-state index in [-0.39, 0.29) is 29.9 Å². The monoisotopic (exact) mass is 284 g/mol. The Morgan fingerprint density at radius 3 is 2.55 bits per heavy atom. The fourth-order valence-corrected chi connectivity index (χ4v) is 1.72. The SMILES string of the molecule is CC(C)(C)NCCNC(=O)CCc1cccc(F)c1F. The number of carbonyl (C=O) groups excluding carboxylic acids is 1. The first-order valence-electron chi connectivity index (χ1n) is 6.74. The van der Waals surface area contributed by atoms with E-state index in [4.69, 9.17) is 0 Å². The maximum Gasteiger partial charge on any atom is 0.220 e. The average molecular weight is 284 g/mol. The molecule has 0 radical (unpaired) electrons. The Labute approximate surface area is 118 Å². The topological polar surface area (TPSA) is 41.1 Å². The molecule has 5 heteroatoms.